The first-order valence-corrected chi connectivity index (χ1v) is 3.31. The van der Waals surface area contributed by atoms with E-state index in [2.05, 4.69) is 11.4 Å². The van der Waals surface area contributed by atoms with E-state index in [1.807, 2.05) is 12.1 Å². The Morgan fingerprint density at radius 2 is 2.40 bits per heavy atom. The Morgan fingerprint density at radius 1 is 1.50 bits per heavy atom. The maximum Gasteiger partial charge on any atom is 0.119 e. The second-order valence-corrected chi connectivity index (χ2v) is 2.38. The van der Waals surface area contributed by atoms with E-state index in [0.717, 1.165) is 12.3 Å². The van der Waals surface area contributed by atoms with Crippen LogP contribution >= 0.6 is 0 Å². The minimum Gasteiger partial charge on any atom is -0.497 e. The Kier molecular flexibility index (Phi) is 1.07. The lowest BCUT2D eigenvalue weighted by Crippen LogP contribution is -2.12. The normalized spacial score (nSPS) is 12.9. The summed E-state index contributed by atoms with van der Waals surface area (Å²) in [6, 6.07) is 6.06. The zero-order chi connectivity index (χ0) is 6.97. The summed E-state index contributed by atoms with van der Waals surface area (Å²) < 4.78 is 5.06. The number of anilines is 1. The van der Waals surface area contributed by atoms with Gasteiger partial charge in [0.05, 0.1) is 7.11 Å². The molecular weight excluding hydrogens is 126 g/mol. The summed E-state index contributed by atoms with van der Waals surface area (Å²) in [7, 11) is 1.69. The number of fused-ring (bicyclic) bond motifs is 1. The van der Waals surface area contributed by atoms with Crippen molar-refractivity contribution in [3.8, 4) is 5.75 Å². The number of methoxy groups -OCH3 is 1. The number of ether oxygens (including phenoxy) is 1. The summed E-state index contributed by atoms with van der Waals surface area (Å²) in [5.41, 5.74) is 2.58. The minimum atomic E-state index is 0.945. The molecule has 0 saturated carbocycles. The van der Waals surface area contributed by atoms with Crippen molar-refractivity contribution >= 4 is 5.69 Å². The Labute approximate surface area is 59.8 Å². The van der Waals surface area contributed by atoms with Crippen LogP contribution in [0.4, 0.5) is 5.69 Å². The van der Waals surface area contributed by atoms with Crippen molar-refractivity contribution in [2.75, 3.05) is 12.4 Å². The van der Waals surface area contributed by atoms with E-state index < -0.39 is 0 Å². The maximum atomic E-state index is 5.06. The van der Waals surface area contributed by atoms with Crippen molar-refractivity contribution in [2.24, 2.45) is 0 Å². The van der Waals surface area contributed by atoms with Gasteiger partial charge in [-0.3, -0.25) is 0 Å². The van der Waals surface area contributed by atoms with Crippen molar-refractivity contribution in [3.05, 3.63) is 23.8 Å². The quantitative estimate of drug-likeness (QED) is 0.631. The molecule has 1 N–H and O–H groups in total. The van der Waals surface area contributed by atoms with Gasteiger partial charge in [0.2, 0.25) is 0 Å². The van der Waals surface area contributed by atoms with Gasteiger partial charge in [-0.05, 0) is 23.8 Å². The molecular formula is C8H9NO. The maximum absolute atomic E-state index is 5.06. The van der Waals surface area contributed by atoms with Gasteiger partial charge in [-0.15, -0.1) is 0 Å². The molecule has 0 aromatic heterocycles. The minimum absolute atomic E-state index is 0.945. The van der Waals surface area contributed by atoms with Gasteiger partial charge < -0.3 is 10.1 Å². The van der Waals surface area contributed by atoms with Crippen LogP contribution < -0.4 is 10.1 Å². The highest BCUT2D eigenvalue weighted by atomic mass is 16.5. The molecule has 1 aliphatic heterocycles. The number of nitrogens with one attached hydrogen (secondary N) is 1. The molecule has 0 unspecified atom stereocenters. The van der Waals surface area contributed by atoms with Crippen molar-refractivity contribution in [2.45, 2.75) is 6.54 Å². The van der Waals surface area contributed by atoms with Crippen molar-refractivity contribution in [1.82, 2.24) is 0 Å². The van der Waals surface area contributed by atoms with Crippen LogP contribution in [0.5, 0.6) is 5.75 Å². The fourth-order valence-corrected chi connectivity index (χ4v) is 1.10. The Bertz CT molecular complexity index is 257. The van der Waals surface area contributed by atoms with E-state index >= 15 is 0 Å². The Hall–Kier alpha value is -1.18. The van der Waals surface area contributed by atoms with Crippen LogP contribution in [-0.4, -0.2) is 7.11 Å². The molecule has 10 heavy (non-hydrogen) atoms. The average molecular weight is 135 g/mol. The third kappa shape index (κ3) is 0.652. The zero-order valence-corrected chi connectivity index (χ0v) is 5.85. The lowest BCUT2D eigenvalue weighted by molar-refractivity contribution is 0.414. The first-order valence-electron chi connectivity index (χ1n) is 3.31. The van der Waals surface area contributed by atoms with Crippen LogP contribution in [0.3, 0.4) is 0 Å². The van der Waals surface area contributed by atoms with E-state index in [1.54, 1.807) is 7.11 Å². The molecule has 0 aliphatic carbocycles. The summed E-state index contributed by atoms with van der Waals surface area (Å²) in [4.78, 5) is 0. The highest BCUT2D eigenvalue weighted by molar-refractivity contribution is 5.61. The number of hydrogen-bond acceptors (Lipinski definition) is 2. The molecule has 1 aliphatic rings. The van der Waals surface area contributed by atoms with Gasteiger partial charge in [0.15, 0.2) is 0 Å². The number of hydrogen-bond donors (Lipinski definition) is 1. The summed E-state index contributed by atoms with van der Waals surface area (Å²) >= 11 is 0. The molecule has 0 amide bonds. The molecule has 0 radical (unpaired) electrons. The summed E-state index contributed by atoms with van der Waals surface area (Å²) in [6.45, 7) is 0.979. The first-order chi connectivity index (χ1) is 4.90. The third-order valence-electron chi connectivity index (χ3n) is 1.78. The molecule has 2 nitrogen and oxygen atoms in total. The van der Waals surface area contributed by atoms with Gasteiger partial charge in [0.25, 0.3) is 0 Å². The predicted octanol–water partition coefficient (Wildman–Crippen LogP) is 1.62. The molecule has 0 fully saturated rings. The lowest BCUT2D eigenvalue weighted by Gasteiger charge is -2.21. The van der Waals surface area contributed by atoms with E-state index in [-0.39, 0.29) is 0 Å². The van der Waals surface area contributed by atoms with E-state index in [9.17, 15) is 0 Å². The van der Waals surface area contributed by atoms with Crippen LogP contribution in [-0.2, 0) is 6.54 Å². The highest BCUT2D eigenvalue weighted by Crippen LogP contribution is 2.28. The monoisotopic (exact) mass is 135 g/mol. The van der Waals surface area contributed by atoms with E-state index in [0.29, 0.717) is 0 Å². The molecule has 2 rings (SSSR count). The second-order valence-electron chi connectivity index (χ2n) is 2.38. The number of rotatable bonds is 1. The Balaban J connectivity index is 2.42. The molecule has 1 heterocycles. The number of benzene rings is 1. The van der Waals surface area contributed by atoms with Gasteiger partial charge >= 0.3 is 0 Å². The van der Waals surface area contributed by atoms with E-state index in [1.165, 1.54) is 11.3 Å². The predicted molar refractivity (Wildman–Crippen MR) is 40.3 cm³/mol. The van der Waals surface area contributed by atoms with Crippen LogP contribution in [0.15, 0.2) is 18.2 Å². The largest absolute Gasteiger partial charge is 0.497 e. The Morgan fingerprint density at radius 3 is 2.90 bits per heavy atom. The third-order valence-corrected chi connectivity index (χ3v) is 1.78. The molecule has 0 spiro atoms. The van der Waals surface area contributed by atoms with Gasteiger partial charge in [-0.2, -0.15) is 0 Å². The average Bonchev–Trinajstić information content (AvgIpc) is 1.92. The summed E-state index contributed by atoms with van der Waals surface area (Å²) in [5, 5.41) is 3.18. The molecule has 1 aromatic carbocycles. The molecule has 0 saturated heterocycles. The second kappa shape index (κ2) is 1.90. The van der Waals surface area contributed by atoms with Crippen molar-refractivity contribution in [3.63, 3.8) is 0 Å². The molecule has 2 heteroatoms. The van der Waals surface area contributed by atoms with E-state index in [4.69, 9.17) is 4.74 Å². The van der Waals surface area contributed by atoms with Gasteiger partial charge in [0.1, 0.15) is 5.75 Å². The van der Waals surface area contributed by atoms with Crippen LogP contribution in [0.2, 0.25) is 0 Å². The SMILES string of the molecule is COc1ccc2c(c1)CN2. The van der Waals surface area contributed by atoms with Gasteiger partial charge in [-0.25, -0.2) is 0 Å². The molecule has 1 aromatic rings. The first kappa shape index (κ1) is 5.59. The summed E-state index contributed by atoms with van der Waals surface area (Å²) in [6.07, 6.45) is 0. The topological polar surface area (TPSA) is 21.3 Å². The van der Waals surface area contributed by atoms with Gasteiger partial charge in [-0.1, -0.05) is 0 Å². The smallest absolute Gasteiger partial charge is 0.119 e. The molecule has 0 bridgehead atoms. The van der Waals surface area contributed by atoms with Gasteiger partial charge in [0, 0.05) is 12.2 Å². The van der Waals surface area contributed by atoms with Crippen molar-refractivity contribution in [1.29, 1.82) is 0 Å². The zero-order valence-electron chi connectivity index (χ0n) is 5.85. The molecule has 52 valence electrons. The van der Waals surface area contributed by atoms with Crippen LogP contribution in [0.25, 0.3) is 0 Å². The fraction of sp³-hybridized carbons (Fsp3) is 0.250. The summed E-state index contributed by atoms with van der Waals surface area (Å²) in [5.74, 6) is 0.945. The van der Waals surface area contributed by atoms with Crippen LogP contribution in [0, 0.1) is 0 Å². The van der Waals surface area contributed by atoms with Crippen LogP contribution in [0.1, 0.15) is 5.56 Å². The lowest BCUT2D eigenvalue weighted by atomic mass is 10.1. The fourth-order valence-electron chi connectivity index (χ4n) is 1.10. The molecule has 0 atom stereocenters. The highest BCUT2D eigenvalue weighted by Gasteiger charge is 2.11. The standard InChI is InChI=1S/C8H9NO/c1-10-7-2-3-8-6(4-7)5-9-8/h2-4,9H,5H2,1H3. The van der Waals surface area contributed by atoms with Crippen molar-refractivity contribution < 1.29 is 4.74 Å².